The van der Waals surface area contributed by atoms with Crippen LogP contribution in [0.4, 0.5) is 17.6 Å². The van der Waals surface area contributed by atoms with E-state index in [0.717, 1.165) is 12.1 Å². The van der Waals surface area contributed by atoms with Gasteiger partial charge in [0.15, 0.2) is 0 Å². The van der Waals surface area contributed by atoms with E-state index in [2.05, 4.69) is 0 Å². The maximum Gasteiger partial charge on any atom is 0.416 e. The van der Waals surface area contributed by atoms with E-state index in [1.165, 1.54) is 12.1 Å². The highest BCUT2D eigenvalue weighted by Crippen LogP contribution is 2.67. The van der Waals surface area contributed by atoms with Crippen molar-refractivity contribution < 1.29 is 42.1 Å². The molecule has 0 aromatic heterocycles. The first-order chi connectivity index (χ1) is 11.9. The topological polar surface area (TPSA) is 110 Å². The maximum atomic E-state index is 14.4. The quantitative estimate of drug-likeness (QED) is 0.676. The summed E-state index contributed by atoms with van der Waals surface area (Å²) in [6.45, 7) is -0.235. The van der Waals surface area contributed by atoms with Crippen molar-refractivity contribution in [1.82, 2.24) is 0 Å². The molecule has 0 bridgehead atoms. The number of nitrogens with two attached hydrogens (primary N) is 1. The molecule has 10 heteroatoms. The van der Waals surface area contributed by atoms with E-state index in [1.807, 2.05) is 0 Å². The van der Waals surface area contributed by atoms with Crippen LogP contribution in [-0.2, 0) is 27.1 Å². The fourth-order valence-electron chi connectivity index (χ4n) is 3.79. The molecule has 0 spiro atoms. The molecule has 2 fully saturated rings. The van der Waals surface area contributed by atoms with Crippen LogP contribution in [0.5, 0.6) is 0 Å². The summed E-state index contributed by atoms with van der Waals surface area (Å²) in [5, 5.41) is 18.3. The normalized spacial score (nSPS) is 35.8. The first-order valence-electron chi connectivity index (χ1n) is 7.65. The number of rotatable bonds is 5. The van der Waals surface area contributed by atoms with Crippen LogP contribution in [0, 0.1) is 11.8 Å². The van der Waals surface area contributed by atoms with Crippen molar-refractivity contribution in [2.75, 3.05) is 0 Å². The van der Waals surface area contributed by atoms with E-state index in [1.54, 1.807) is 0 Å². The smallest absolute Gasteiger partial charge is 0.416 e. The molecule has 4 N–H and O–H groups in total. The minimum absolute atomic E-state index is 0.198. The van der Waals surface area contributed by atoms with Crippen LogP contribution in [0.25, 0.3) is 0 Å². The summed E-state index contributed by atoms with van der Waals surface area (Å²) < 4.78 is 57.4. The number of aliphatic carboxylic acids is 2. The van der Waals surface area contributed by atoms with Gasteiger partial charge in [-0.25, -0.2) is 9.18 Å². The van der Waals surface area contributed by atoms with E-state index < -0.39 is 52.8 Å². The summed E-state index contributed by atoms with van der Waals surface area (Å²) in [4.78, 5) is 22.6. The Balaban J connectivity index is 1.71. The number of carboxylic acids is 2. The standard InChI is InChI=1S/C16H15F4NO5/c17-14(12(22)23)9-5-10(15(21,11(9)14)13(24)25)26-6-7-1-3-8(4-2-7)16(18,19)20/h1-4,9-11H,5-6,21H2,(H,22,23)(H,24,25)/t9-,10-,11+,14-,15+/m1/s1. The lowest BCUT2D eigenvalue weighted by Gasteiger charge is -2.31. The van der Waals surface area contributed by atoms with Gasteiger partial charge in [0.1, 0.15) is 5.54 Å². The van der Waals surface area contributed by atoms with Gasteiger partial charge in [0.2, 0.25) is 5.67 Å². The van der Waals surface area contributed by atoms with Crippen molar-refractivity contribution in [3.8, 4) is 0 Å². The lowest BCUT2D eigenvalue weighted by atomic mass is 9.88. The molecule has 0 unspecified atom stereocenters. The molecule has 1 aromatic rings. The van der Waals surface area contributed by atoms with Gasteiger partial charge in [-0.15, -0.1) is 0 Å². The minimum atomic E-state index is -4.48. The van der Waals surface area contributed by atoms with E-state index >= 15 is 0 Å². The molecule has 2 saturated carbocycles. The zero-order valence-corrected chi connectivity index (χ0v) is 13.2. The van der Waals surface area contributed by atoms with Gasteiger partial charge in [0.05, 0.1) is 18.3 Å². The molecule has 6 nitrogen and oxygen atoms in total. The monoisotopic (exact) mass is 377 g/mol. The van der Waals surface area contributed by atoms with Crippen molar-refractivity contribution >= 4 is 11.9 Å². The van der Waals surface area contributed by atoms with Crippen LogP contribution in [0.2, 0.25) is 0 Å². The second kappa shape index (κ2) is 5.65. The summed E-state index contributed by atoms with van der Waals surface area (Å²) in [5.74, 6) is -5.82. The van der Waals surface area contributed by atoms with Crippen molar-refractivity contribution in [2.45, 2.75) is 36.5 Å². The minimum Gasteiger partial charge on any atom is -0.480 e. The number of hydrogen-bond acceptors (Lipinski definition) is 4. The fraction of sp³-hybridized carbons (Fsp3) is 0.500. The van der Waals surface area contributed by atoms with Crippen LogP contribution >= 0.6 is 0 Å². The molecule has 0 amide bonds. The summed E-state index contributed by atoms with van der Waals surface area (Å²) in [7, 11) is 0. The number of alkyl halides is 4. The molecule has 0 saturated heterocycles. The largest absolute Gasteiger partial charge is 0.480 e. The summed E-state index contributed by atoms with van der Waals surface area (Å²) in [6.07, 6.45) is -5.83. The molecule has 142 valence electrons. The zero-order valence-electron chi connectivity index (χ0n) is 13.2. The molecule has 0 radical (unpaired) electrons. The number of hydrogen-bond donors (Lipinski definition) is 3. The SMILES string of the molecule is N[C@]1(C(=O)O)[C@H]2[C@@H](C[C@H]1OCc1ccc(C(F)(F)F)cc1)[C@]2(F)C(=O)O. The Bertz CT molecular complexity index is 752. The second-order valence-corrected chi connectivity index (χ2v) is 6.63. The van der Waals surface area contributed by atoms with Gasteiger partial charge >= 0.3 is 18.1 Å². The molecule has 2 aliphatic carbocycles. The Hall–Kier alpha value is -2.20. The number of ether oxygens (including phenoxy) is 1. The zero-order chi connectivity index (χ0) is 19.5. The molecule has 1 aromatic carbocycles. The first kappa shape index (κ1) is 18.6. The molecule has 0 aliphatic heterocycles. The average Bonchev–Trinajstić information content (AvgIpc) is 3.02. The Morgan fingerprint density at radius 3 is 2.23 bits per heavy atom. The average molecular weight is 377 g/mol. The maximum absolute atomic E-state index is 14.4. The molecular formula is C16H15F4NO5. The molecule has 0 heterocycles. The van der Waals surface area contributed by atoms with Crippen LogP contribution in [0.15, 0.2) is 24.3 Å². The summed E-state index contributed by atoms with van der Waals surface area (Å²) in [5.41, 5.74) is 0.403. The van der Waals surface area contributed by atoms with Gasteiger partial charge in [-0.1, -0.05) is 12.1 Å². The van der Waals surface area contributed by atoms with Gasteiger partial charge in [0, 0.05) is 11.8 Å². The van der Waals surface area contributed by atoms with E-state index in [-0.39, 0.29) is 13.0 Å². The molecular weight excluding hydrogens is 362 g/mol. The van der Waals surface area contributed by atoms with Crippen molar-refractivity contribution in [3.05, 3.63) is 35.4 Å². The highest BCUT2D eigenvalue weighted by molar-refractivity contribution is 5.90. The van der Waals surface area contributed by atoms with Gasteiger partial charge in [-0.05, 0) is 24.1 Å². The van der Waals surface area contributed by atoms with Crippen LogP contribution in [0.3, 0.4) is 0 Å². The highest BCUT2D eigenvalue weighted by atomic mass is 19.4. The van der Waals surface area contributed by atoms with Crippen LogP contribution < -0.4 is 5.73 Å². The molecule has 2 aliphatic rings. The number of carboxylic acid groups (broad SMARTS) is 2. The van der Waals surface area contributed by atoms with E-state index in [0.29, 0.717) is 5.56 Å². The number of fused-ring (bicyclic) bond motifs is 1. The van der Waals surface area contributed by atoms with Gasteiger partial charge in [-0.3, -0.25) is 4.79 Å². The second-order valence-electron chi connectivity index (χ2n) is 6.63. The van der Waals surface area contributed by atoms with Gasteiger partial charge in [0.25, 0.3) is 0 Å². The Morgan fingerprint density at radius 2 is 1.77 bits per heavy atom. The van der Waals surface area contributed by atoms with Crippen LogP contribution in [-0.4, -0.2) is 39.5 Å². The summed E-state index contributed by atoms with van der Waals surface area (Å²) in [6, 6.07) is 4.06. The number of carbonyl (C=O) groups is 2. The predicted molar refractivity (Wildman–Crippen MR) is 77.6 cm³/mol. The number of benzene rings is 1. The van der Waals surface area contributed by atoms with E-state index in [9.17, 15) is 32.3 Å². The lowest BCUT2D eigenvalue weighted by Crippen LogP contribution is -2.60. The van der Waals surface area contributed by atoms with Gasteiger partial charge < -0.3 is 20.7 Å². The number of halogens is 4. The Labute approximate surface area is 144 Å². The first-order valence-corrected chi connectivity index (χ1v) is 7.65. The third-order valence-electron chi connectivity index (χ3n) is 5.23. The van der Waals surface area contributed by atoms with Gasteiger partial charge in [-0.2, -0.15) is 13.2 Å². The third kappa shape index (κ3) is 2.55. The predicted octanol–water partition coefficient (Wildman–Crippen LogP) is 1.82. The third-order valence-corrected chi connectivity index (χ3v) is 5.23. The highest BCUT2D eigenvalue weighted by Gasteiger charge is 2.85. The molecule has 26 heavy (non-hydrogen) atoms. The molecule has 3 rings (SSSR count). The van der Waals surface area contributed by atoms with Crippen molar-refractivity contribution in [3.63, 3.8) is 0 Å². The lowest BCUT2D eigenvalue weighted by molar-refractivity contribution is -0.156. The van der Waals surface area contributed by atoms with Crippen molar-refractivity contribution in [1.29, 1.82) is 0 Å². The molecule has 5 atom stereocenters. The fourth-order valence-corrected chi connectivity index (χ4v) is 3.79. The Kier molecular flexibility index (Phi) is 4.04. The van der Waals surface area contributed by atoms with Crippen LogP contribution in [0.1, 0.15) is 17.5 Å². The van der Waals surface area contributed by atoms with E-state index in [4.69, 9.17) is 15.6 Å². The Morgan fingerprint density at radius 1 is 1.19 bits per heavy atom. The summed E-state index contributed by atoms with van der Waals surface area (Å²) >= 11 is 0. The van der Waals surface area contributed by atoms with Crippen molar-refractivity contribution in [2.24, 2.45) is 17.6 Å².